The van der Waals surface area contributed by atoms with Gasteiger partial charge in [0.2, 0.25) is 0 Å². The van der Waals surface area contributed by atoms with Crippen LogP contribution in [0.1, 0.15) is 45.1 Å². The molecule has 0 aliphatic carbocycles. The molecule has 1 aromatic rings. The summed E-state index contributed by atoms with van der Waals surface area (Å²) < 4.78 is 0. The highest BCUT2D eigenvalue weighted by molar-refractivity contribution is 5.29. The van der Waals surface area contributed by atoms with Gasteiger partial charge in [-0.1, -0.05) is 39.3 Å². The Morgan fingerprint density at radius 1 is 1.33 bits per heavy atom. The molecule has 0 bridgehead atoms. The van der Waals surface area contributed by atoms with Gasteiger partial charge in [-0.25, -0.2) is 0 Å². The fourth-order valence-electron chi connectivity index (χ4n) is 1.32. The first-order valence-corrected chi connectivity index (χ1v) is 5.73. The second kappa shape index (κ2) is 6.46. The van der Waals surface area contributed by atoms with E-state index in [9.17, 15) is 0 Å². The van der Waals surface area contributed by atoms with Gasteiger partial charge >= 0.3 is 0 Å². The smallest absolute Gasteiger partial charge is 0.147 e. The van der Waals surface area contributed by atoms with Crippen LogP contribution in [0.3, 0.4) is 0 Å². The fraction of sp³-hybridized carbons (Fsp3) is 0.538. The summed E-state index contributed by atoms with van der Waals surface area (Å²) in [6, 6.07) is 8.23. The summed E-state index contributed by atoms with van der Waals surface area (Å²) in [5.41, 5.74) is 4.28. The maximum Gasteiger partial charge on any atom is 0.147 e. The molecule has 0 saturated heterocycles. The minimum atomic E-state index is 0.546. The average Bonchev–Trinajstić information content (AvgIpc) is 2.25. The minimum Gasteiger partial charge on any atom is -0.409 e. The molecule has 1 N–H and O–H groups in total. The molecule has 0 amide bonds. The monoisotopic (exact) mass is 207 g/mol. The van der Waals surface area contributed by atoms with E-state index in [4.69, 9.17) is 4.84 Å². The molecule has 1 rings (SSSR count). The highest BCUT2D eigenvalue weighted by Gasteiger charge is 2.00. The number of rotatable bonds is 6. The van der Waals surface area contributed by atoms with Crippen LogP contribution < -0.4 is 10.3 Å². The molecule has 15 heavy (non-hydrogen) atoms. The first-order valence-electron chi connectivity index (χ1n) is 5.73. The van der Waals surface area contributed by atoms with Crippen LogP contribution in [0.2, 0.25) is 0 Å². The van der Waals surface area contributed by atoms with Crippen LogP contribution in [0, 0.1) is 0 Å². The summed E-state index contributed by atoms with van der Waals surface area (Å²) in [4.78, 5) is 5.45. The van der Waals surface area contributed by atoms with Crippen LogP contribution in [0.15, 0.2) is 24.3 Å². The molecule has 0 fully saturated rings. The zero-order chi connectivity index (χ0) is 11.1. The van der Waals surface area contributed by atoms with E-state index >= 15 is 0 Å². The molecule has 1 aromatic carbocycles. The second-order valence-electron chi connectivity index (χ2n) is 4.08. The normalized spacial score (nSPS) is 10.7. The van der Waals surface area contributed by atoms with E-state index in [0.717, 1.165) is 18.7 Å². The summed E-state index contributed by atoms with van der Waals surface area (Å²) in [6.45, 7) is 7.44. The quantitative estimate of drug-likeness (QED) is 0.569. The number of benzene rings is 1. The van der Waals surface area contributed by atoms with Gasteiger partial charge in [-0.05, 0) is 30.0 Å². The van der Waals surface area contributed by atoms with Gasteiger partial charge in [0.05, 0.1) is 0 Å². The van der Waals surface area contributed by atoms with E-state index in [0.29, 0.717) is 5.92 Å². The highest BCUT2D eigenvalue weighted by atomic mass is 16.6. The number of unbranched alkanes of at least 4 members (excludes halogenated alkanes) is 1. The zero-order valence-corrected chi connectivity index (χ0v) is 9.92. The molecule has 0 atom stereocenters. The summed E-state index contributed by atoms with van der Waals surface area (Å²) in [5.74, 6) is 1.45. The largest absolute Gasteiger partial charge is 0.409 e. The lowest BCUT2D eigenvalue weighted by Crippen LogP contribution is -2.19. The second-order valence-corrected chi connectivity index (χ2v) is 4.08. The van der Waals surface area contributed by atoms with Gasteiger partial charge in [0.1, 0.15) is 5.75 Å². The maximum absolute atomic E-state index is 5.45. The Morgan fingerprint density at radius 3 is 2.80 bits per heavy atom. The molecule has 0 aromatic heterocycles. The van der Waals surface area contributed by atoms with E-state index in [2.05, 4.69) is 38.4 Å². The number of hydrogen-bond acceptors (Lipinski definition) is 2. The summed E-state index contributed by atoms with van der Waals surface area (Å²) in [5, 5.41) is 0. The predicted octanol–water partition coefficient (Wildman–Crippen LogP) is 3.49. The third-order valence-corrected chi connectivity index (χ3v) is 2.35. The number of nitrogens with one attached hydrogen (secondary N) is 1. The van der Waals surface area contributed by atoms with Gasteiger partial charge in [-0.15, -0.1) is 0 Å². The molecule has 0 heterocycles. The van der Waals surface area contributed by atoms with Crippen LogP contribution in [0.5, 0.6) is 5.75 Å². The predicted molar refractivity (Wildman–Crippen MR) is 64.1 cm³/mol. The first kappa shape index (κ1) is 12.1. The molecule has 0 aliphatic heterocycles. The zero-order valence-electron chi connectivity index (χ0n) is 9.92. The van der Waals surface area contributed by atoms with Crippen molar-refractivity contribution in [1.29, 1.82) is 0 Å². The third kappa shape index (κ3) is 4.34. The van der Waals surface area contributed by atoms with Crippen molar-refractivity contribution in [2.45, 2.75) is 39.5 Å². The van der Waals surface area contributed by atoms with Crippen molar-refractivity contribution in [1.82, 2.24) is 5.48 Å². The Balaban J connectivity index is 2.43. The van der Waals surface area contributed by atoms with Crippen molar-refractivity contribution in [2.75, 3.05) is 6.54 Å². The standard InChI is InChI=1S/C13H21NO/c1-4-5-9-14-15-13-8-6-7-12(10-13)11(2)3/h6-8,10-11,14H,4-5,9H2,1-3H3. The average molecular weight is 207 g/mol. The van der Waals surface area contributed by atoms with E-state index in [-0.39, 0.29) is 0 Å². The molecule has 2 nitrogen and oxygen atoms in total. The Kier molecular flexibility index (Phi) is 5.19. The SMILES string of the molecule is CCCCNOc1cccc(C(C)C)c1. The summed E-state index contributed by atoms with van der Waals surface area (Å²) in [6.07, 6.45) is 2.33. The Hall–Kier alpha value is -1.02. The fourth-order valence-corrected chi connectivity index (χ4v) is 1.32. The molecule has 0 spiro atoms. The lowest BCUT2D eigenvalue weighted by Gasteiger charge is -2.09. The van der Waals surface area contributed by atoms with Crippen molar-refractivity contribution < 1.29 is 4.84 Å². The van der Waals surface area contributed by atoms with Crippen LogP contribution in [-0.2, 0) is 0 Å². The molecule has 0 unspecified atom stereocenters. The minimum absolute atomic E-state index is 0.546. The number of hydrogen-bond donors (Lipinski definition) is 1. The molecule has 0 radical (unpaired) electrons. The molecular weight excluding hydrogens is 186 g/mol. The van der Waals surface area contributed by atoms with Gasteiger partial charge in [-0.2, -0.15) is 5.48 Å². The molecule has 84 valence electrons. The first-order chi connectivity index (χ1) is 7.24. The molecular formula is C13H21NO. The van der Waals surface area contributed by atoms with Crippen LogP contribution in [0.25, 0.3) is 0 Å². The van der Waals surface area contributed by atoms with Gasteiger partial charge in [-0.3, -0.25) is 0 Å². The lowest BCUT2D eigenvalue weighted by molar-refractivity contribution is 0.194. The van der Waals surface area contributed by atoms with E-state index in [1.54, 1.807) is 0 Å². The lowest BCUT2D eigenvalue weighted by atomic mass is 10.0. The van der Waals surface area contributed by atoms with E-state index in [1.807, 2.05) is 12.1 Å². The molecule has 0 saturated carbocycles. The topological polar surface area (TPSA) is 21.3 Å². The van der Waals surface area contributed by atoms with Crippen molar-refractivity contribution >= 4 is 0 Å². The highest BCUT2D eigenvalue weighted by Crippen LogP contribution is 2.19. The van der Waals surface area contributed by atoms with E-state index < -0.39 is 0 Å². The van der Waals surface area contributed by atoms with Gasteiger partial charge in [0.25, 0.3) is 0 Å². The Bertz CT molecular complexity index is 284. The van der Waals surface area contributed by atoms with Gasteiger partial charge in [0, 0.05) is 6.54 Å². The van der Waals surface area contributed by atoms with Crippen molar-refractivity contribution in [3.8, 4) is 5.75 Å². The molecule has 2 heteroatoms. The Morgan fingerprint density at radius 2 is 2.13 bits per heavy atom. The summed E-state index contributed by atoms with van der Waals surface area (Å²) in [7, 11) is 0. The van der Waals surface area contributed by atoms with Crippen LogP contribution >= 0.6 is 0 Å². The Labute approximate surface area is 92.6 Å². The maximum atomic E-state index is 5.45. The summed E-state index contributed by atoms with van der Waals surface area (Å²) >= 11 is 0. The van der Waals surface area contributed by atoms with Crippen LogP contribution in [0.4, 0.5) is 0 Å². The van der Waals surface area contributed by atoms with Gasteiger partial charge < -0.3 is 4.84 Å². The van der Waals surface area contributed by atoms with Gasteiger partial charge in [0.15, 0.2) is 0 Å². The van der Waals surface area contributed by atoms with Crippen LogP contribution in [-0.4, -0.2) is 6.54 Å². The van der Waals surface area contributed by atoms with Crippen molar-refractivity contribution in [3.05, 3.63) is 29.8 Å². The third-order valence-electron chi connectivity index (χ3n) is 2.35. The van der Waals surface area contributed by atoms with E-state index in [1.165, 1.54) is 12.0 Å². The van der Waals surface area contributed by atoms with Crippen molar-refractivity contribution in [2.24, 2.45) is 0 Å². The number of hydroxylamine groups is 1. The van der Waals surface area contributed by atoms with Crippen molar-refractivity contribution in [3.63, 3.8) is 0 Å². The molecule has 0 aliphatic rings.